The van der Waals surface area contributed by atoms with Crippen molar-refractivity contribution in [1.82, 2.24) is 9.71 Å². The summed E-state index contributed by atoms with van der Waals surface area (Å²) in [7, 11) is -3.88. The van der Waals surface area contributed by atoms with E-state index in [-0.39, 0.29) is 34.6 Å². The first-order chi connectivity index (χ1) is 14.0. The van der Waals surface area contributed by atoms with Crippen LogP contribution in [0.25, 0.3) is 0 Å². The predicted molar refractivity (Wildman–Crippen MR) is 101 cm³/mol. The predicted octanol–water partition coefficient (Wildman–Crippen LogP) is 3.62. The summed E-state index contributed by atoms with van der Waals surface area (Å²) in [6.07, 6.45) is 3.76. The highest BCUT2D eigenvalue weighted by Gasteiger charge is 2.29. The SMILES string of the molecule is CS(=O)(=O)NC(=O)c1cc(Cl)c(COc2cnc(C3CC3)c(OC(F)F)c2)cc1F. The van der Waals surface area contributed by atoms with Crippen LogP contribution in [0.4, 0.5) is 13.2 Å². The van der Waals surface area contributed by atoms with Gasteiger partial charge in [0.05, 0.1) is 23.7 Å². The van der Waals surface area contributed by atoms with Crippen LogP contribution in [-0.2, 0) is 16.6 Å². The van der Waals surface area contributed by atoms with Crippen molar-refractivity contribution in [3.8, 4) is 11.5 Å². The number of carbonyl (C=O) groups is 1. The van der Waals surface area contributed by atoms with Crippen molar-refractivity contribution in [3.63, 3.8) is 0 Å². The third kappa shape index (κ3) is 5.76. The van der Waals surface area contributed by atoms with E-state index in [0.29, 0.717) is 5.69 Å². The number of aromatic nitrogens is 1. The van der Waals surface area contributed by atoms with E-state index in [4.69, 9.17) is 16.3 Å². The maximum Gasteiger partial charge on any atom is 0.387 e. The first kappa shape index (κ1) is 22.2. The molecule has 0 aliphatic heterocycles. The van der Waals surface area contributed by atoms with Gasteiger partial charge in [0.15, 0.2) is 5.75 Å². The molecule has 0 radical (unpaired) electrons. The number of nitrogens with zero attached hydrogens (tertiary/aromatic N) is 1. The van der Waals surface area contributed by atoms with E-state index >= 15 is 0 Å². The second-order valence-corrected chi connectivity index (χ2v) is 8.78. The zero-order chi connectivity index (χ0) is 22.1. The highest BCUT2D eigenvalue weighted by atomic mass is 35.5. The van der Waals surface area contributed by atoms with Gasteiger partial charge < -0.3 is 9.47 Å². The number of pyridine rings is 1. The molecule has 0 bridgehead atoms. The Labute approximate surface area is 175 Å². The molecule has 3 rings (SSSR count). The average Bonchev–Trinajstić information content (AvgIpc) is 3.45. The summed E-state index contributed by atoms with van der Waals surface area (Å²) in [4.78, 5) is 16.0. The van der Waals surface area contributed by atoms with Crippen LogP contribution >= 0.6 is 11.6 Å². The number of sulfonamides is 1. The molecule has 162 valence electrons. The van der Waals surface area contributed by atoms with E-state index < -0.39 is 33.9 Å². The summed E-state index contributed by atoms with van der Waals surface area (Å²) in [5, 5.41) is -0.0540. The Morgan fingerprint density at radius 2 is 2.03 bits per heavy atom. The molecule has 1 aliphatic carbocycles. The van der Waals surface area contributed by atoms with E-state index in [1.54, 1.807) is 4.72 Å². The lowest BCUT2D eigenvalue weighted by molar-refractivity contribution is -0.0508. The minimum atomic E-state index is -3.88. The second-order valence-electron chi connectivity index (χ2n) is 6.62. The molecule has 0 spiro atoms. The van der Waals surface area contributed by atoms with Crippen LogP contribution in [0.15, 0.2) is 24.4 Å². The standard InChI is InChI=1S/C18H16ClF3N2O5S/c1-30(26,27)24-17(25)12-6-13(19)10(4-14(12)20)8-28-11-5-15(29-18(21)22)16(23-7-11)9-2-3-9/h4-7,9,18H,2-3,8H2,1H3,(H,24,25). The van der Waals surface area contributed by atoms with Crippen LogP contribution in [0, 0.1) is 5.82 Å². The molecule has 1 saturated carbocycles. The first-order valence-corrected chi connectivity index (χ1v) is 10.9. The molecule has 0 atom stereocenters. The van der Waals surface area contributed by atoms with Crippen LogP contribution in [-0.4, -0.2) is 32.2 Å². The average molecular weight is 465 g/mol. The van der Waals surface area contributed by atoms with Gasteiger partial charge in [0.2, 0.25) is 10.0 Å². The zero-order valence-electron chi connectivity index (χ0n) is 15.5. The molecule has 1 N–H and O–H groups in total. The maximum atomic E-state index is 14.3. The molecular weight excluding hydrogens is 449 g/mol. The summed E-state index contributed by atoms with van der Waals surface area (Å²) in [5.74, 6) is -2.09. The Balaban J connectivity index is 1.75. The number of hydrogen-bond donors (Lipinski definition) is 1. The summed E-state index contributed by atoms with van der Waals surface area (Å²) in [6, 6.07) is 3.16. The lowest BCUT2D eigenvalue weighted by Crippen LogP contribution is -2.30. The fourth-order valence-electron chi connectivity index (χ4n) is 2.63. The summed E-state index contributed by atoms with van der Waals surface area (Å²) in [5.41, 5.74) is 0.0119. The van der Waals surface area contributed by atoms with Gasteiger partial charge in [0, 0.05) is 22.6 Å². The fourth-order valence-corrected chi connectivity index (χ4v) is 3.29. The monoisotopic (exact) mass is 464 g/mol. The number of benzene rings is 1. The number of alkyl halides is 2. The number of halogens is 4. The van der Waals surface area contributed by atoms with Gasteiger partial charge in [-0.05, 0) is 25.0 Å². The van der Waals surface area contributed by atoms with Gasteiger partial charge in [-0.1, -0.05) is 11.6 Å². The molecule has 1 amide bonds. The van der Waals surface area contributed by atoms with Crippen molar-refractivity contribution in [2.24, 2.45) is 0 Å². The molecule has 1 aliphatic rings. The molecule has 30 heavy (non-hydrogen) atoms. The minimum Gasteiger partial charge on any atom is -0.487 e. The van der Waals surface area contributed by atoms with E-state index in [1.807, 2.05) is 0 Å². The lowest BCUT2D eigenvalue weighted by Gasteiger charge is -2.13. The Morgan fingerprint density at radius 3 is 2.63 bits per heavy atom. The van der Waals surface area contributed by atoms with E-state index in [1.165, 1.54) is 12.3 Å². The molecule has 0 unspecified atom stereocenters. The molecule has 1 aromatic heterocycles. The summed E-state index contributed by atoms with van der Waals surface area (Å²) < 4.78 is 73.4. The normalized spacial score (nSPS) is 13.9. The highest BCUT2D eigenvalue weighted by Crippen LogP contribution is 2.44. The fraction of sp³-hybridized carbons (Fsp3) is 0.333. The second kappa shape index (κ2) is 8.68. The topological polar surface area (TPSA) is 94.6 Å². The van der Waals surface area contributed by atoms with Crippen molar-refractivity contribution >= 4 is 27.5 Å². The van der Waals surface area contributed by atoms with Gasteiger partial charge in [0.1, 0.15) is 18.2 Å². The quantitative estimate of drug-likeness (QED) is 0.641. The largest absolute Gasteiger partial charge is 0.487 e. The van der Waals surface area contributed by atoms with Crippen molar-refractivity contribution in [3.05, 3.63) is 52.1 Å². The number of carbonyl (C=O) groups excluding carboxylic acids is 1. The van der Waals surface area contributed by atoms with Crippen molar-refractivity contribution < 1.29 is 35.9 Å². The van der Waals surface area contributed by atoms with Crippen LogP contribution < -0.4 is 14.2 Å². The molecule has 12 heteroatoms. The number of amides is 1. The third-order valence-corrected chi connectivity index (χ3v) is 5.00. The number of hydrogen-bond acceptors (Lipinski definition) is 6. The van der Waals surface area contributed by atoms with E-state index in [9.17, 15) is 26.4 Å². The number of ether oxygens (including phenoxy) is 2. The van der Waals surface area contributed by atoms with Gasteiger partial charge in [-0.25, -0.2) is 17.5 Å². The Hall–Kier alpha value is -2.53. The molecule has 1 fully saturated rings. The Bertz CT molecular complexity index is 1080. The zero-order valence-corrected chi connectivity index (χ0v) is 17.1. The minimum absolute atomic E-state index is 0.0540. The molecule has 1 heterocycles. The number of nitrogens with one attached hydrogen (secondary N) is 1. The van der Waals surface area contributed by atoms with Crippen LogP contribution in [0.1, 0.15) is 40.4 Å². The third-order valence-electron chi connectivity index (χ3n) is 4.09. The molecule has 7 nitrogen and oxygen atoms in total. The smallest absolute Gasteiger partial charge is 0.387 e. The van der Waals surface area contributed by atoms with Gasteiger partial charge in [0.25, 0.3) is 5.91 Å². The van der Waals surface area contributed by atoms with Crippen molar-refractivity contribution in [2.75, 3.05) is 6.26 Å². The summed E-state index contributed by atoms with van der Waals surface area (Å²) in [6.45, 7) is -3.28. The summed E-state index contributed by atoms with van der Waals surface area (Å²) >= 11 is 6.04. The maximum absolute atomic E-state index is 14.3. The van der Waals surface area contributed by atoms with Crippen LogP contribution in [0.3, 0.4) is 0 Å². The molecule has 1 aromatic carbocycles. The van der Waals surface area contributed by atoms with E-state index in [0.717, 1.165) is 31.2 Å². The lowest BCUT2D eigenvalue weighted by atomic mass is 10.1. The van der Waals surface area contributed by atoms with Crippen LogP contribution in [0.5, 0.6) is 11.5 Å². The van der Waals surface area contributed by atoms with Crippen LogP contribution in [0.2, 0.25) is 5.02 Å². The van der Waals surface area contributed by atoms with Gasteiger partial charge in [-0.2, -0.15) is 8.78 Å². The first-order valence-electron chi connectivity index (χ1n) is 8.61. The highest BCUT2D eigenvalue weighted by molar-refractivity contribution is 7.89. The molecule has 0 saturated heterocycles. The molecule has 2 aromatic rings. The number of rotatable bonds is 8. The van der Waals surface area contributed by atoms with Crippen molar-refractivity contribution in [2.45, 2.75) is 32.0 Å². The Kier molecular flexibility index (Phi) is 6.41. The Morgan fingerprint density at radius 1 is 1.33 bits per heavy atom. The van der Waals surface area contributed by atoms with Gasteiger partial charge in [-0.15, -0.1) is 0 Å². The van der Waals surface area contributed by atoms with Gasteiger partial charge >= 0.3 is 6.61 Å². The van der Waals surface area contributed by atoms with Gasteiger partial charge in [-0.3, -0.25) is 9.78 Å². The molecular formula is C18H16ClF3N2O5S. The van der Waals surface area contributed by atoms with E-state index in [2.05, 4.69) is 9.72 Å². The van der Waals surface area contributed by atoms with Crippen molar-refractivity contribution in [1.29, 1.82) is 0 Å².